The summed E-state index contributed by atoms with van der Waals surface area (Å²) in [5.41, 5.74) is 0. The van der Waals surface area contributed by atoms with Crippen molar-refractivity contribution in [1.29, 1.82) is 0 Å². The van der Waals surface area contributed by atoms with Gasteiger partial charge in [-0.15, -0.1) is 0 Å². The van der Waals surface area contributed by atoms with E-state index in [1.807, 2.05) is 0 Å². The van der Waals surface area contributed by atoms with Crippen LogP contribution in [-0.4, -0.2) is 37.0 Å². The number of carbonyl (C=O) groups excluding carboxylic acids is 1. The van der Waals surface area contributed by atoms with Gasteiger partial charge in [-0.1, -0.05) is 174 Å². The van der Waals surface area contributed by atoms with Gasteiger partial charge in [0.1, 0.15) is 6.10 Å². The van der Waals surface area contributed by atoms with Gasteiger partial charge in [-0.2, -0.15) is 0 Å². The third-order valence-electron chi connectivity index (χ3n) is 8.34. The van der Waals surface area contributed by atoms with Crippen LogP contribution >= 0.6 is 0 Å². The predicted molar refractivity (Wildman–Crippen MR) is 182 cm³/mol. The van der Waals surface area contributed by atoms with Gasteiger partial charge in [-0.05, 0) is 32.1 Å². The number of allylic oxidation sites excluding steroid dienone is 2. The zero-order valence-corrected chi connectivity index (χ0v) is 28.5. The second kappa shape index (κ2) is 36.3. The highest BCUT2D eigenvalue weighted by atomic mass is 16.6. The highest BCUT2D eigenvalue weighted by molar-refractivity contribution is 5.69. The molecule has 0 aromatic carbocycles. The summed E-state index contributed by atoms with van der Waals surface area (Å²) in [7, 11) is 0. The summed E-state index contributed by atoms with van der Waals surface area (Å²) in [6, 6.07) is 0. The van der Waals surface area contributed by atoms with Crippen molar-refractivity contribution in [1.82, 2.24) is 0 Å². The lowest BCUT2D eigenvalue weighted by molar-refractivity contribution is -0.154. The van der Waals surface area contributed by atoms with Crippen molar-refractivity contribution in [2.45, 2.75) is 206 Å². The van der Waals surface area contributed by atoms with Gasteiger partial charge in [0.2, 0.25) is 0 Å². The standard InChI is InChI=1S/C38H74O4/c1-3-5-7-9-11-13-15-17-18-19-20-21-22-23-25-27-29-31-33-38(40)42-37(35-39)36-41-34-32-30-28-26-24-16-14-12-10-8-6-4-2/h10,12,37,39H,3-9,11,13-36H2,1-2H3/b12-10-. The van der Waals surface area contributed by atoms with E-state index in [4.69, 9.17) is 9.47 Å². The first-order valence-corrected chi connectivity index (χ1v) is 18.8. The molecule has 0 fully saturated rings. The van der Waals surface area contributed by atoms with E-state index in [-0.39, 0.29) is 12.6 Å². The Hall–Kier alpha value is -0.870. The molecule has 1 atom stereocenters. The van der Waals surface area contributed by atoms with Crippen molar-refractivity contribution in [3.05, 3.63) is 12.2 Å². The van der Waals surface area contributed by atoms with E-state index in [0.29, 0.717) is 19.6 Å². The van der Waals surface area contributed by atoms with E-state index in [2.05, 4.69) is 26.0 Å². The average Bonchev–Trinajstić information content (AvgIpc) is 3.00. The number of aliphatic hydroxyl groups excluding tert-OH is 1. The maximum absolute atomic E-state index is 12.1. The Morgan fingerprint density at radius 3 is 1.43 bits per heavy atom. The Morgan fingerprint density at radius 1 is 0.548 bits per heavy atom. The molecular formula is C38H74O4. The van der Waals surface area contributed by atoms with Gasteiger partial charge in [0.25, 0.3) is 0 Å². The predicted octanol–water partition coefficient (Wildman–Crippen LogP) is 11.8. The van der Waals surface area contributed by atoms with E-state index < -0.39 is 6.10 Å². The van der Waals surface area contributed by atoms with Gasteiger partial charge in [-0.25, -0.2) is 0 Å². The van der Waals surface area contributed by atoms with Crippen molar-refractivity contribution in [2.24, 2.45) is 0 Å². The first-order valence-electron chi connectivity index (χ1n) is 18.8. The Kier molecular flexibility index (Phi) is 35.6. The monoisotopic (exact) mass is 595 g/mol. The van der Waals surface area contributed by atoms with Gasteiger partial charge in [0.05, 0.1) is 13.2 Å². The highest BCUT2D eigenvalue weighted by Crippen LogP contribution is 2.15. The van der Waals surface area contributed by atoms with Crippen LogP contribution in [0, 0.1) is 0 Å². The maximum atomic E-state index is 12.1. The zero-order valence-electron chi connectivity index (χ0n) is 28.5. The number of hydrogen-bond donors (Lipinski definition) is 1. The molecule has 0 aliphatic heterocycles. The largest absolute Gasteiger partial charge is 0.457 e. The van der Waals surface area contributed by atoms with E-state index in [1.54, 1.807) is 0 Å². The summed E-state index contributed by atoms with van der Waals surface area (Å²) >= 11 is 0. The second-order valence-corrected chi connectivity index (χ2v) is 12.7. The van der Waals surface area contributed by atoms with E-state index >= 15 is 0 Å². The van der Waals surface area contributed by atoms with Crippen molar-refractivity contribution in [3.63, 3.8) is 0 Å². The molecule has 42 heavy (non-hydrogen) atoms. The molecular weight excluding hydrogens is 520 g/mol. The van der Waals surface area contributed by atoms with Gasteiger partial charge < -0.3 is 14.6 Å². The summed E-state index contributed by atoms with van der Waals surface area (Å²) in [5.74, 6) is -0.200. The molecule has 0 spiro atoms. The summed E-state index contributed by atoms with van der Waals surface area (Å²) in [5, 5.41) is 9.54. The molecule has 0 saturated carbocycles. The minimum absolute atomic E-state index is 0.169. The average molecular weight is 595 g/mol. The number of hydrogen-bond acceptors (Lipinski definition) is 4. The molecule has 250 valence electrons. The topological polar surface area (TPSA) is 55.8 Å². The molecule has 0 radical (unpaired) electrons. The Labute approximate surface area is 263 Å². The first kappa shape index (κ1) is 41.1. The van der Waals surface area contributed by atoms with Crippen LogP contribution in [0.2, 0.25) is 0 Å². The normalized spacial score (nSPS) is 12.4. The third kappa shape index (κ3) is 33.6. The molecule has 4 nitrogen and oxygen atoms in total. The minimum atomic E-state index is -0.529. The number of rotatable bonds is 35. The van der Waals surface area contributed by atoms with Gasteiger partial charge in [0.15, 0.2) is 0 Å². The SMILES string of the molecule is CCCC/C=C\CCCCCCCCOCC(CO)OC(=O)CCCCCCCCCCCCCCCCCCCC. The Morgan fingerprint density at radius 2 is 0.952 bits per heavy atom. The van der Waals surface area contributed by atoms with E-state index in [9.17, 15) is 9.90 Å². The highest BCUT2D eigenvalue weighted by Gasteiger charge is 2.13. The molecule has 1 unspecified atom stereocenters. The smallest absolute Gasteiger partial charge is 0.306 e. The Balaban J connectivity index is 3.39. The third-order valence-corrected chi connectivity index (χ3v) is 8.34. The molecule has 0 aromatic rings. The summed E-state index contributed by atoms with van der Waals surface area (Å²) < 4.78 is 11.1. The van der Waals surface area contributed by atoms with Crippen LogP contribution in [-0.2, 0) is 14.3 Å². The van der Waals surface area contributed by atoms with Crippen molar-refractivity contribution < 1.29 is 19.4 Å². The van der Waals surface area contributed by atoms with Crippen LogP contribution in [0.4, 0.5) is 0 Å². The molecule has 1 N–H and O–H groups in total. The second-order valence-electron chi connectivity index (χ2n) is 12.7. The Bertz CT molecular complexity index is 547. The summed E-state index contributed by atoms with van der Waals surface area (Å²) in [4.78, 5) is 12.1. The van der Waals surface area contributed by atoms with Crippen LogP contribution in [0.5, 0.6) is 0 Å². The maximum Gasteiger partial charge on any atom is 0.306 e. The fourth-order valence-corrected chi connectivity index (χ4v) is 5.49. The van der Waals surface area contributed by atoms with E-state index in [1.165, 1.54) is 161 Å². The van der Waals surface area contributed by atoms with E-state index in [0.717, 1.165) is 19.3 Å². The molecule has 0 saturated heterocycles. The molecule has 0 amide bonds. The van der Waals surface area contributed by atoms with Crippen LogP contribution < -0.4 is 0 Å². The first-order chi connectivity index (χ1) is 20.7. The molecule has 0 aliphatic carbocycles. The van der Waals surface area contributed by atoms with Crippen LogP contribution in [0.1, 0.15) is 200 Å². The van der Waals surface area contributed by atoms with Crippen LogP contribution in [0.3, 0.4) is 0 Å². The zero-order chi connectivity index (χ0) is 30.6. The quantitative estimate of drug-likeness (QED) is 0.0450. The van der Waals surface area contributed by atoms with Gasteiger partial charge in [-0.3, -0.25) is 4.79 Å². The number of carbonyl (C=O) groups is 1. The van der Waals surface area contributed by atoms with Gasteiger partial charge in [0, 0.05) is 13.0 Å². The fraction of sp³-hybridized carbons (Fsp3) is 0.921. The fourth-order valence-electron chi connectivity index (χ4n) is 5.49. The van der Waals surface area contributed by atoms with Crippen molar-refractivity contribution in [2.75, 3.05) is 19.8 Å². The number of esters is 1. The van der Waals surface area contributed by atoms with Crippen molar-refractivity contribution >= 4 is 5.97 Å². The lowest BCUT2D eigenvalue weighted by atomic mass is 10.0. The minimum Gasteiger partial charge on any atom is -0.457 e. The van der Waals surface area contributed by atoms with Crippen LogP contribution in [0.25, 0.3) is 0 Å². The molecule has 0 rings (SSSR count). The number of unbranched alkanes of at least 4 members (excludes halogenated alkanes) is 25. The number of aliphatic hydroxyl groups is 1. The number of ether oxygens (including phenoxy) is 2. The summed E-state index contributed by atoms with van der Waals surface area (Å²) in [6.07, 6.45) is 41.1. The van der Waals surface area contributed by atoms with Crippen molar-refractivity contribution in [3.8, 4) is 0 Å². The molecule has 0 bridgehead atoms. The van der Waals surface area contributed by atoms with Crippen LogP contribution in [0.15, 0.2) is 12.2 Å². The lowest BCUT2D eigenvalue weighted by Crippen LogP contribution is -2.27. The molecule has 0 aromatic heterocycles. The molecule has 4 heteroatoms. The molecule has 0 heterocycles. The summed E-state index contributed by atoms with van der Waals surface area (Å²) in [6.45, 7) is 5.33. The molecule has 0 aliphatic rings. The lowest BCUT2D eigenvalue weighted by Gasteiger charge is -2.15. The van der Waals surface area contributed by atoms with Gasteiger partial charge >= 0.3 is 5.97 Å².